The highest BCUT2D eigenvalue weighted by molar-refractivity contribution is 5.87. The molecule has 0 aliphatic carbocycles. The average Bonchev–Trinajstić information content (AvgIpc) is 3.21. The number of carbonyl (C=O) groups is 1. The molecule has 0 saturated heterocycles. The van der Waals surface area contributed by atoms with E-state index >= 15 is 0 Å². The highest BCUT2D eigenvalue weighted by Crippen LogP contribution is 2.33. The number of hydrogen-bond donors (Lipinski definition) is 1. The van der Waals surface area contributed by atoms with Gasteiger partial charge < -0.3 is 9.67 Å². The highest BCUT2D eigenvalue weighted by Gasteiger charge is 2.19. The van der Waals surface area contributed by atoms with E-state index in [-0.39, 0.29) is 6.42 Å². The molecule has 0 radical (unpaired) electrons. The lowest BCUT2D eigenvalue weighted by Crippen LogP contribution is -2.01. The second-order valence-corrected chi connectivity index (χ2v) is 10.7. The van der Waals surface area contributed by atoms with E-state index in [1.54, 1.807) is 0 Å². The molecule has 0 aliphatic heterocycles. The minimum Gasteiger partial charge on any atom is -0.481 e. The van der Waals surface area contributed by atoms with Crippen LogP contribution in [0.4, 0.5) is 0 Å². The molecule has 0 saturated carbocycles. The lowest BCUT2D eigenvalue weighted by Gasteiger charge is -2.12. The van der Waals surface area contributed by atoms with Crippen molar-refractivity contribution in [2.45, 2.75) is 79.2 Å². The molecule has 2 heterocycles. The van der Waals surface area contributed by atoms with Crippen molar-refractivity contribution in [2.24, 2.45) is 5.92 Å². The molecule has 5 heteroatoms. The zero-order chi connectivity index (χ0) is 26.4. The maximum atomic E-state index is 10.8. The summed E-state index contributed by atoms with van der Waals surface area (Å²) in [7, 11) is 0. The molecule has 194 valence electrons. The number of aliphatic carboxylic acids is 1. The first-order valence-electron chi connectivity index (χ1n) is 13.6. The van der Waals surface area contributed by atoms with E-state index in [0.717, 1.165) is 78.7 Å². The number of carboxylic acids is 1. The van der Waals surface area contributed by atoms with Gasteiger partial charge in [-0.2, -0.15) is 0 Å². The first-order chi connectivity index (χ1) is 17.8. The van der Waals surface area contributed by atoms with Crippen molar-refractivity contribution >= 4 is 17.1 Å². The SMILES string of the molecule is Cc1ccc(-c2nc3c(CCC(C)C)cn(CCCCCCC(=O)O)c3nc2-c2ccc(C)cc2)cc1. The van der Waals surface area contributed by atoms with Gasteiger partial charge in [0.2, 0.25) is 0 Å². The lowest BCUT2D eigenvalue weighted by molar-refractivity contribution is -0.137. The van der Waals surface area contributed by atoms with Crippen LogP contribution in [-0.2, 0) is 17.8 Å². The Morgan fingerprint density at radius 1 is 0.838 bits per heavy atom. The van der Waals surface area contributed by atoms with Crippen molar-refractivity contribution in [1.29, 1.82) is 0 Å². The van der Waals surface area contributed by atoms with Gasteiger partial charge in [0.05, 0.1) is 11.4 Å². The van der Waals surface area contributed by atoms with Crippen molar-refractivity contribution in [3.05, 3.63) is 71.4 Å². The van der Waals surface area contributed by atoms with Crippen LogP contribution in [0.25, 0.3) is 33.7 Å². The van der Waals surface area contributed by atoms with Crippen LogP contribution in [0.15, 0.2) is 54.7 Å². The van der Waals surface area contributed by atoms with Crippen LogP contribution < -0.4 is 0 Å². The summed E-state index contributed by atoms with van der Waals surface area (Å²) in [5, 5.41) is 8.89. The molecule has 0 spiro atoms. The Labute approximate surface area is 220 Å². The minimum atomic E-state index is -0.713. The normalized spacial score (nSPS) is 11.5. The van der Waals surface area contributed by atoms with Gasteiger partial charge in [-0.1, -0.05) is 86.3 Å². The maximum Gasteiger partial charge on any atom is 0.303 e. The minimum absolute atomic E-state index is 0.249. The third-order valence-corrected chi connectivity index (χ3v) is 6.95. The molecule has 4 aromatic rings. The number of carboxylic acid groups (broad SMARTS) is 1. The second-order valence-electron chi connectivity index (χ2n) is 10.7. The maximum absolute atomic E-state index is 10.8. The molecule has 4 rings (SSSR count). The Bertz CT molecular complexity index is 1340. The Balaban J connectivity index is 1.76. The van der Waals surface area contributed by atoms with Gasteiger partial charge >= 0.3 is 5.97 Å². The van der Waals surface area contributed by atoms with Gasteiger partial charge in [-0.05, 0) is 51.0 Å². The molecule has 0 bridgehead atoms. The fourth-order valence-corrected chi connectivity index (χ4v) is 4.69. The van der Waals surface area contributed by atoms with Crippen molar-refractivity contribution in [1.82, 2.24) is 14.5 Å². The predicted molar refractivity (Wildman–Crippen MR) is 152 cm³/mol. The molecule has 0 amide bonds. The largest absolute Gasteiger partial charge is 0.481 e. The number of aryl methyl sites for hydroxylation is 4. The van der Waals surface area contributed by atoms with E-state index in [4.69, 9.17) is 15.1 Å². The molecular formula is C32H39N3O2. The molecule has 0 fully saturated rings. The summed E-state index contributed by atoms with van der Waals surface area (Å²) in [6.07, 6.45) is 8.26. The molecule has 5 nitrogen and oxygen atoms in total. The van der Waals surface area contributed by atoms with Crippen LogP contribution in [0.1, 0.15) is 69.1 Å². The Kier molecular flexibility index (Phi) is 8.75. The molecule has 0 unspecified atom stereocenters. The molecule has 0 atom stereocenters. The fraction of sp³-hybridized carbons (Fsp3) is 0.406. The highest BCUT2D eigenvalue weighted by atomic mass is 16.4. The van der Waals surface area contributed by atoms with Gasteiger partial charge in [0.15, 0.2) is 5.65 Å². The van der Waals surface area contributed by atoms with Crippen LogP contribution in [0.3, 0.4) is 0 Å². The van der Waals surface area contributed by atoms with Gasteiger partial charge in [-0.15, -0.1) is 0 Å². The number of rotatable bonds is 12. The summed E-state index contributed by atoms with van der Waals surface area (Å²) >= 11 is 0. The van der Waals surface area contributed by atoms with E-state index in [1.807, 2.05) is 0 Å². The van der Waals surface area contributed by atoms with E-state index in [1.165, 1.54) is 16.7 Å². The summed E-state index contributed by atoms with van der Waals surface area (Å²) in [6.45, 7) is 9.58. The number of hydrogen-bond acceptors (Lipinski definition) is 3. The monoisotopic (exact) mass is 497 g/mol. The van der Waals surface area contributed by atoms with Gasteiger partial charge in [-0.3, -0.25) is 4.79 Å². The number of benzene rings is 2. The smallest absolute Gasteiger partial charge is 0.303 e. The molecule has 0 aliphatic rings. The lowest BCUT2D eigenvalue weighted by atomic mass is 10.0. The van der Waals surface area contributed by atoms with Gasteiger partial charge in [0.1, 0.15) is 5.52 Å². The van der Waals surface area contributed by atoms with E-state index in [2.05, 4.69) is 87.0 Å². The van der Waals surface area contributed by atoms with Crippen molar-refractivity contribution in [3.8, 4) is 22.5 Å². The standard InChI is InChI=1S/C32H39N3O2/c1-22(2)10-15-27-21-35(20-8-6-5-7-9-28(36)37)32-31(27)33-29(25-16-11-23(3)12-17-25)30(34-32)26-18-13-24(4)14-19-26/h11-14,16-19,21-22H,5-10,15,20H2,1-4H3,(H,36,37). The third-order valence-electron chi connectivity index (χ3n) is 6.95. The van der Waals surface area contributed by atoms with E-state index in [0.29, 0.717) is 5.92 Å². The summed E-state index contributed by atoms with van der Waals surface area (Å²) in [5.74, 6) is -0.0986. The third kappa shape index (κ3) is 6.85. The van der Waals surface area contributed by atoms with Crippen molar-refractivity contribution < 1.29 is 9.90 Å². The Morgan fingerprint density at radius 2 is 1.41 bits per heavy atom. The number of aromatic nitrogens is 3. The van der Waals surface area contributed by atoms with Crippen LogP contribution in [0.2, 0.25) is 0 Å². The zero-order valence-corrected chi connectivity index (χ0v) is 22.6. The number of unbranched alkanes of at least 4 members (excludes halogenated alkanes) is 3. The summed E-state index contributed by atoms with van der Waals surface area (Å²) in [6, 6.07) is 17.1. The van der Waals surface area contributed by atoms with Crippen LogP contribution in [0.5, 0.6) is 0 Å². The van der Waals surface area contributed by atoms with Crippen molar-refractivity contribution in [3.63, 3.8) is 0 Å². The molecule has 37 heavy (non-hydrogen) atoms. The van der Waals surface area contributed by atoms with E-state index < -0.39 is 5.97 Å². The summed E-state index contributed by atoms with van der Waals surface area (Å²) < 4.78 is 2.27. The Hall–Kier alpha value is -3.47. The number of nitrogens with zero attached hydrogens (tertiary/aromatic N) is 3. The fourth-order valence-electron chi connectivity index (χ4n) is 4.69. The summed E-state index contributed by atoms with van der Waals surface area (Å²) in [4.78, 5) is 21.4. The van der Waals surface area contributed by atoms with Crippen molar-refractivity contribution in [2.75, 3.05) is 0 Å². The van der Waals surface area contributed by atoms with Gasteiger partial charge in [0.25, 0.3) is 0 Å². The Morgan fingerprint density at radius 3 is 1.97 bits per heavy atom. The first kappa shape index (κ1) is 26.6. The van der Waals surface area contributed by atoms with Gasteiger partial charge in [-0.25, -0.2) is 9.97 Å². The molecular weight excluding hydrogens is 458 g/mol. The summed E-state index contributed by atoms with van der Waals surface area (Å²) in [5.41, 5.74) is 9.62. The average molecular weight is 498 g/mol. The molecule has 2 aromatic carbocycles. The second kappa shape index (κ2) is 12.2. The first-order valence-corrected chi connectivity index (χ1v) is 13.6. The van der Waals surface area contributed by atoms with Crippen LogP contribution in [-0.4, -0.2) is 25.6 Å². The molecule has 1 N–H and O–H groups in total. The zero-order valence-electron chi connectivity index (χ0n) is 22.6. The van der Waals surface area contributed by atoms with E-state index in [9.17, 15) is 4.79 Å². The van der Waals surface area contributed by atoms with Crippen LogP contribution in [0, 0.1) is 19.8 Å². The van der Waals surface area contributed by atoms with Crippen LogP contribution >= 0.6 is 0 Å². The molecule has 2 aromatic heterocycles. The number of fused-ring (bicyclic) bond motifs is 1. The quantitative estimate of drug-likeness (QED) is 0.201. The predicted octanol–water partition coefficient (Wildman–Crippen LogP) is 8.01. The topological polar surface area (TPSA) is 68.0 Å². The van der Waals surface area contributed by atoms with Gasteiger partial charge in [0, 0.05) is 30.3 Å².